The third kappa shape index (κ3) is 2.58. The zero-order valence-electron chi connectivity index (χ0n) is 12.1. The molecule has 0 unspecified atom stereocenters. The quantitative estimate of drug-likeness (QED) is 0.311. The Morgan fingerprint density at radius 3 is 2.81 bits per heavy atom. The van der Waals surface area contributed by atoms with Crippen molar-refractivity contribution < 1.29 is 19.5 Å². The molecule has 0 aromatic carbocycles. The Morgan fingerprint density at radius 1 is 1.62 bits per heavy atom. The van der Waals surface area contributed by atoms with Crippen LogP contribution in [0.4, 0.5) is 0 Å². The van der Waals surface area contributed by atoms with E-state index in [-0.39, 0.29) is 17.0 Å². The van der Waals surface area contributed by atoms with Crippen LogP contribution in [-0.2, 0) is 14.4 Å². The van der Waals surface area contributed by atoms with E-state index >= 15 is 0 Å². The van der Waals surface area contributed by atoms with Crippen LogP contribution in [0.25, 0.3) is 0 Å². The number of hydrogen-bond acceptors (Lipinski definition) is 6. The Bertz CT molecular complexity index is 531. The van der Waals surface area contributed by atoms with Gasteiger partial charge in [0.25, 0.3) is 0 Å². The summed E-state index contributed by atoms with van der Waals surface area (Å²) < 4.78 is 0. The minimum Gasteiger partial charge on any atom is -0.477 e. The van der Waals surface area contributed by atoms with Gasteiger partial charge in [0, 0.05) is 25.4 Å². The lowest BCUT2D eigenvalue weighted by atomic mass is 10.0. The lowest BCUT2D eigenvalue weighted by Gasteiger charge is -2.48. The van der Waals surface area contributed by atoms with Crippen LogP contribution in [0.15, 0.2) is 16.4 Å². The SMILES string of the molecule is CCON=C(C1=C(C(=O)O)N2C(=O)[C@@H](N)[C@@H]2SC1)N(C)C. The van der Waals surface area contributed by atoms with Crippen LogP contribution in [0.1, 0.15) is 6.92 Å². The number of nitrogens with two attached hydrogens (primary N) is 1. The molecule has 0 aromatic heterocycles. The molecule has 8 nitrogen and oxygen atoms in total. The second-order valence-electron chi connectivity index (χ2n) is 4.79. The van der Waals surface area contributed by atoms with Crippen molar-refractivity contribution in [3.63, 3.8) is 0 Å². The Balaban J connectivity index is 2.47. The zero-order valence-corrected chi connectivity index (χ0v) is 12.9. The molecule has 2 aliphatic rings. The summed E-state index contributed by atoms with van der Waals surface area (Å²) in [6.07, 6.45) is 0. The molecule has 0 radical (unpaired) electrons. The van der Waals surface area contributed by atoms with Gasteiger partial charge in [0.05, 0.1) is 0 Å². The molecule has 1 amide bonds. The molecule has 0 aromatic rings. The molecule has 9 heteroatoms. The summed E-state index contributed by atoms with van der Waals surface area (Å²) in [6, 6.07) is -0.641. The highest BCUT2D eigenvalue weighted by molar-refractivity contribution is 8.00. The van der Waals surface area contributed by atoms with Crippen LogP contribution in [0, 0.1) is 0 Å². The maximum Gasteiger partial charge on any atom is 0.353 e. The lowest BCUT2D eigenvalue weighted by Crippen LogP contribution is -2.68. The average molecular weight is 314 g/mol. The maximum atomic E-state index is 11.9. The summed E-state index contributed by atoms with van der Waals surface area (Å²) in [5, 5.41) is 13.1. The fourth-order valence-corrected chi connectivity index (χ4v) is 3.50. The summed E-state index contributed by atoms with van der Waals surface area (Å²) in [6.45, 7) is 2.16. The predicted molar refractivity (Wildman–Crippen MR) is 78.5 cm³/mol. The number of thioether (sulfide) groups is 1. The fourth-order valence-electron chi connectivity index (χ4n) is 2.22. The molecule has 2 rings (SSSR count). The zero-order chi connectivity index (χ0) is 15.7. The number of carboxylic acid groups (broad SMARTS) is 1. The van der Waals surface area contributed by atoms with E-state index in [9.17, 15) is 14.7 Å². The fraction of sp³-hybridized carbons (Fsp3) is 0.583. The summed E-state index contributed by atoms with van der Waals surface area (Å²) in [5.74, 6) is -0.736. The van der Waals surface area contributed by atoms with Gasteiger partial charge in [0.1, 0.15) is 23.7 Å². The molecule has 116 valence electrons. The summed E-state index contributed by atoms with van der Waals surface area (Å²) >= 11 is 1.43. The lowest BCUT2D eigenvalue weighted by molar-refractivity contribution is -0.147. The summed E-state index contributed by atoms with van der Waals surface area (Å²) in [5.41, 5.74) is 6.11. The molecule has 1 fully saturated rings. The van der Waals surface area contributed by atoms with Crippen molar-refractivity contribution in [2.75, 3.05) is 26.5 Å². The van der Waals surface area contributed by atoms with E-state index in [0.29, 0.717) is 23.8 Å². The van der Waals surface area contributed by atoms with Crippen molar-refractivity contribution in [1.82, 2.24) is 9.80 Å². The normalized spacial score (nSPS) is 25.4. The van der Waals surface area contributed by atoms with E-state index in [4.69, 9.17) is 10.6 Å². The minimum absolute atomic E-state index is 0.0578. The number of nitrogens with zero attached hydrogens (tertiary/aromatic N) is 3. The number of fused-ring (bicyclic) bond motifs is 1. The van der Waals surface area contributed by atoms with Gasteiger partial charge in [-0.1, -0.05) is 5.16 Å². The molecule has 2 aliphatic heterocycles. The van der Waals surface area contributed by atoms with Crippen molar-refractivity contribution in [2.24, 2.45) is 10.9 Å². The number of likely N-dealkylation sites (N-methyl/N-ethyl adjacent to an activating group) is 1. The van der Waals surface area contributed by atoms with E-state index < -0.39 is 12.0 Å². The van der Waals surface area contributed by atoms with Gasteiger partial charge in [-0.2, -0.15) is 0 Å². The number of hydrogen-bond donors (Lipinski definition) is 2. The van der Waals surface area contributed by atoms with Gasteiger partial charge in [-0.3, -0.25) is 9.69 Å². The highest BCUT2D eigenvalue weighted by Gasteiger charge is 2.52. The first-order valence-corrected chi connectivity index (χ1v) is 7.49. The monoisotopic (exact) mass is 314 g/mol. The van der Waals surface area contributed by atoms with Crippen LogP contribution in [0.5, 0.6) is 0 Å². The van der Waals surface area contributed by atoms with E-state index in [1.54, 1.807) is 25.9 Å². The van der Waals surface area contributed by atoms with E-state index in [1.807, 2.05) is 0 Å². The molecule has 0 saturated carbocycles. The van der Waals surface area contributed by atoms with E-state index in [1.165, 1.54) is 16.7 Å². The number of carbonyl (C=O) groups is 2. The number of rotatable bonds is 4. The Morgan fingerprint density at radius 2 is 2.29 bits per heavy atom. The minimum atomic E-state index is -1.17. The van der Waals surface area contributed by atoms with E-state index in [2.05, 4.69) is 5.16 Å². The first-order chi connectivity index (χ1) is 9.90. The molecule has 21 heavy (non-hydrogen) atoms. The third-order valence-corrected chi connectivity index (χ3v) is 4.49. The van der Waals surface area contributed by atoms with Crippen LogP contribution in [-0.4, -0.2) is 70.5 Å². The number of carboxylic acids is 1. The number of amidine groups is 1. The van der Waals surface area contributed by atoms with Crippen molar-refractivity contribution in [2.45, 2.75) is 18.3 Å². The van der Waals surface area contributed by atoms with Crippen molar-refractivity contribution in [1.29, 1.82) is 0 Å². The molecule has 3 N–H and O–H groups in total. The second-order valence-corrected chi connectivity index (χ2v) is 5.90. The van der Waals surface area contributed by atoms with Crippen molar-refractivity contribution >= 4 is 29.5 Å². The maximum absolute atomic E-state index is 11.9. The molecule has 0 spiro atoms. The molecule has 1 saturated heterocycles. The van der Waals surface area contributed by atoms with Gasteiger partial charge in [0.15, 0.2) is 5.84 Å². The highest BCUT2D eigenvalue weighted by Crippen LogP contribution is 2.39. The number of aliphatic carboxylic acids is 1. The van der Waals surface area contributed by atoms with Gasteiger partial charge in [-0.05, 0) is 6.92 Å². The van der Waals surface area contributed by atoms with Crippen molar-refractivity contribution in [3.8, 4) is 0 Å². The topological polar surface area (TPSA) is 108 Å². The summed E-state index contributed by atoms with van der Waals surface area (Å²) in [7, 11) is 3.48. The van der Waals surface area contributed by atoms with Crippen LogP contribution in [0.3, 0.4) is 0 Å². The number of carbonyl (C=O) groups excluding carboxylic acids is 1. The van der Waals surface area contributed by atoms with E-state index in [0.717, 1.165) is 0 Å². The predicted octanol–water partition coefficient (Wildman–Crippen LogP) is -0.521. The Kier molecular flexibility index (Phi) is 4.43. The van der Waals surface area contributed by atoms with Gasteiger partial charge >= 0.3 is 5.97 Å². The standard InChI is InChI=1S/C12H18N4O4S/c1-4-20-14-9(15(2)3)6-5-21-11-7(13)10(17)16(11)8(6)12(18)19/h7,11H,4-5,13H2,1-3H3,(H,18,19)/t7-,11+/m1/s1. The number of amides is 1. The molecule has 0 aliphatic carbocycles. The average Bonchev–Trinajstić information content (AvgIpc) is 2.45. The smallest absolute Gasteiger partial charge is 0.353 e. The number of β-lactam (4-membered cyclic amide) rings is 1. The van der Waals surface area contributed by atoms with Crippen LogP contribution in [0.2, 0.25) is 0 Å². The molecule has 2 atom stereocenters. The van der Waals surface area contributed by atoms with Gasteiger partial charge in [0.2, 0.25) is 5.91 Å². The first-order valence-electron chi connectivity index (χ1n) is 6.44. The Hall–Kier alpha value is -1.74. The highest BCUT2D eigenvalue weighted by atomic mass is 32.2. The van der Waals surface area contributed by atoms with Crippen LogP contribution < -0.4 is 5.73 Å². The van der Waals surface area contributed by atoms with Crippen molar-refractivity contribution in [3.05, 3.63) is 11.3 Å². The number of oxime groups is 1. The second kappa shape index (κ2) is 5.94. The van der Waals surface area contributed by atoms with Gasteiger partial charge in [-0.25, -0.2) is 4.79 Å². The van der Waals surface area contributed by atoms with Crippen LogP contribution >= 0.6 is 11.8 Å². The summed E-state index contributed by atoms with van der Waals surface area (Å²) in [4.78, 5) is 31.4. The van der Waals surface area contributed by atoms with Gasteiger partial charge in [-0.15, -0.1) is 11.8 Å². The molecular weight excluding hydrogens is 296 g/mol. The van der Waals surface area contributed by atoms with Gasteiger partial charge < -0.3 is 20.6 Å². The largest absolute Gasteiger partial charge is 0.477 e. The third-order valence-electron chi connectivity index (χ3n) is 3.19. The molecule has 0 bridgehead atoms. The Labute approximate surface area is 126 Å². The molecule has 2 heterocycles. The first kappa shape index (κ1) is 15.6. The molecular formula is C12H18N4O4S.